The Bertz CT molecular complexity index is 779. The Morgan fingerprint density at radius 1 is 0.880 bits per heavy atom. The van der Waals surface area contributed by atoms with Crippen molar-refractivity contribution in [2.75, 3.05) is 0 Å². The van der Waals surface area contributed by atoms with E-state index >= 15 is 0 Å². The number of hydrogen-bond donors (Lipinski definition) is 0. The molecule has 0 heterocycles. The van der Waals surface area contributed by atoms with Crippen LogP contribution < -0.4 is 0 Å². The summed E-state index contributed by atoms with van der Waals surface area (Å²) in [7, 11) is 0. The van der Waals surface area contributed by atoms with E-state index in [1.807, 2.05) is 58.9 Å². The molecule has 0 spiro atoms. The second kappa shape index (κ2) is 7.28. The number of hydrogen-bond acceptors (Lipinski definition) is 2. The van der Waals surface area contributed by atoms with Gasteiger partial charge in [0.05, 0.1) is 5.54 Å². The lowest BCUT2D eigenvalue weighted by molar-refractivity contribution is -0.00374. The third-order valence-electron chi connectivity index (χ3n) is 3.84. The fraction of sp³-hybridized carbons (Fsp3) is 0.300. The van der Waals surface area contributed by atoms with E-state index in [0.717, 1.165) is 15.7 Å². The van der Waals surface area contributed by atoms with Gasteiger partial charge in [-0.3, -0.25) is 9.59 Å². The number of hydrazine groups is 1. The van der Waals surface area contributed by atoms with Crippen LogP contribution in [0.1, 0.15) is 52.6 Å². The molecule has 0 radical (unpaired) electrons. The average molecular weight is 359 g/mol. The maximum atomic E-state index is 13.0. The number of nitrogens with zero attached hydrogens (tertiary/aromatic N) is 2. The van der Waals surface area contributed by atoms with Crippen molar-refractivity contribution in [2.45, 2.75) is 40.2 Å². The quantitative estimate of drug-likeness (QED) is 0.574. The maximum Gasteiger partial charge on any atom is 0.288 e. The lowest BCUT2D eigenvalue weighted by atomic mass is 10.1. The lowest BCUT2D eigenvalue weighted by Gasteiger charge is -2.39. The van der Waals surface area contributed by atoms with Crippen molar-refractivity contribution >= 4 is 23.6 Å². The molecule has 0 aliphatic carbocycles. The summed E-state index contributed by atoms with van der Waals surface area (Å²) in [4.78, 5) is 25.9. The van der Waals surface area contributed by atoms with Crippen LogP contribution in [0, 0.1) is 13.8 Å². The Labute approximate surface area is 154 Å². The van der Waals surface area contributed by atoms with Crippen molar-refractivity contribution in [3.63, 3.8) is 0 Å². The fourth-order valence-corrected chi connectivity index (χ4v) is 2.86. The average Bonchev–Trinajstić information content (AvgIpc) is 2.54. The summed E-state index contributed by atoms with van der Waals surface area (Å²) in [6, 6.07) is 14.3. The summed E-state index contributed by atoms with van der Waals surface area (Å²) in [6.07, 6.45) is 0. The van der Waals surface area contributed by atoms with Crippen LogP contribution in [0.5, 0.6) is 0 Å². The lowest BCUT2D eigenvalue weighted by Crippen LogP contribution is -2.54. The van der Waals surface area contributed by atoms with Crippen LogP contribution in [0.15, 0.2) is 48.5 Å². The highest BCUT2D eigenvalue weighted by Gasteiger charge is 2.35. The minimum absolute atomic E-state index is 0.329. The van der Waals surface area contributed by atoms with Crippen LogP contribution >= 0.6 is 11.8 Å². The van der Waals surface area contributed by atoms with Gasteiger partial charge in [-0.25, -0.2) is 5.01 Å². The molecule has 0 atom stereocenters. The van der Waals surface area contributed by atoms with Crippen molar-refractivity contribution in [2.24, 2.45) is 0 Å². The van der Waals surface area contributed by atoms with Crippen molar-refractivity contribution in [3.8, 4) is 0 Å². The largest absolute Gasteiger partial charge is 0.288 e. The summed E-state index contributed by atoms with van der Waals surface area (Å²) in [5, 5.41) is 1.29. The Morgan fingerprint density at radius 2 is 1.44 bits per heavy atom. The number of benzene rings is 2. The van der Waals surface area contributed by atoms with E-state index in [9.17, 15) is 9.59 Å². The highest BCUT2D eigenvalue weighted by atomic mass is 35.5. The molecule has 2 aromatic carbocycles. The molecule has 2 rings (SSSR count). The van der Waals surface area contributed by atoms with Gasteiger partial charge in [-0.05, 0) is 58.4 Å². The molecule has 5 heteroatoms. The van der Waals surface area contributed by atoms with Crippen LogP contribution in [0.3, 0.4) is 0 Å². The molecule has 2 aromatic rings. The minimum Gasteiger partial charge on any atom is -0.267 e. The number of halogens is 1. The molecule has 0 saturated carbocycles. The first-order valence-corrected chi connectivity index (χ1v) is 8.43. The molecule has 0 aliphatic rings. The summed E-state index contributed by atoms with van der Waals surface area (Å²) in [5.41, 5.74) is 2.11. The third kappa shape index (κ3) is 4.20. The fourth-order valence-electron chi connectivity index (χ4n) is 2.47. The van der Waals surface area contributed by atoms with E-state index in [1.54, 1.807) is 24.3 Å². The molecule has 25 heavy (non-hydrogen) atoms. The van der Waals surface area contributed by atoms with E-state index in [0.29, 0.717) is 11.1 Å². The molecule has 4 nitrogen and oxygen atoms in total. The first kappa shape index (κ1) is 19.0. The number of rotatable bonds is 2. The molecule has 0 aliphatic heterocycles. The molecule has 0 saturated heterocycles. The summed E-state index contributed by atoms with van der Waals surface area (Å²) >= 11 is 6.35. The molecular weight excluding hydrogens is 336 g/mol. The standard InChI is InChI=1S/C20H23ClN2O2/c1-14-10-12-16(13-11-14)18(24)22(20(3,4)5)23(21)19(25)17-9-7-6-8-15(17)2/h6-13H,1-5H3. The van der Waals surface area contributed by atoms with Gasteiger partial charge in [0.1, 0.15) is 0 Å². The van der Waals surface area contributed by atoms with Gasteiger partial charge in [0.15, 0.2) is 0 Å². The molecular formula is C20H23ClN2O2. The molecule has 0 bridgehead atoms. The summed E-state index contributed by atoms with van der Waals surface area (Å²) in [6.45, 7) is 9.28. The predicted octanol–water partition coefficient (Wildman–Crippen LogP) is 4.76. The van der Waals surface area contributed by atoms with Crippen molar-refractivity contribution < 1.29 is 9.59 Å². The SMILES string of the molecule is Cc1ccc(C(=O)N(N(Cl)C(=O)c2ccccc2C)C(C)(C)C)cc1. The second-order valence-corrected chi connectivity index (χ2v) is 7.35. The van der Waals surface area contributed by atoms with Gasteiger partial charge in [0.25, 0.3) is 11.8 Å². The molecule has 2 amide bonds. The number of carbonyl (C=O) groups excluding carboxylic acids is 2. The monoisotopic (exact) mass is 358 g/mol. The number of carbonyl (C=O) groups is 2. The molecule has 0 N–H and O–H groups in total. The van der Waals surface area contributed by atoms with E-state index in [-0.39, 0.29) is 5.91 Å². The highest BCUT2D eigenvalue weighted by molar-refractivity contribution is 6.25. The smallest absolute Gasteiger partial charge is 0.267 e. The zero-order chi connectivity index (χ0) is 18.8. The van der Waals surface area contributed by atoms with Gasteiger partial charge < -0.3 is 0 Å². The van der Waals surface area contributed by atoms with E-state index in [1.165, 1.54) is 5.01 Å². The first-order chi connectivity index (χ1) is 11.6. The van der Waals surface area contributed by atoms with Gasteiger partial charge in [0.2, 0.25) is 0 Å². The molecule has 0 unspecified atom stereocenters. The number of aryl methyl sites for hydroxylation is 2. The Morgan fingerprint density at radius 3 is 1.96 bits per heavy atom. The van der Waals surface area contributed by atoms with Gasteiger partial charge >= 0.3 is 0 Å². The van der Waals surface area contributed by atoms with Crippen molar-refractivity contribution in [1.29, 1.82) is 0 Å². The Hall–Kier alpha value is -2.33. The van der Waals surface area contributed by atoms with E-state index < -0.39 is 11.4 Å². The first-order valence-electron chi connectivity index (χ1n) is 8.10. The highest BCUT2D eigenvalue weighted by Crippen LogP contribution is 2.24. The van der Waals surface area contributed by atoms with Crippen molar-refractivity contribution in [1.82, 2.24) is 9.54 Å². The molecule has 0 fully saturated rings. The Balaban J connectivity index is 2.40. The van der Waals surface area contributed by atoms with Crippen LogP contribution in [0.25, 0.3) is 0 Å². The predicted molar refractivity (Wildman–Crippen MR) is 100 cm³/mol. The van der Waals surface area contributed by atoms with Crippen LogP contribution in [0.4, 0.5) is 0 Å². The van der Waals surface area contributed by atoms with Crippen LogP contribution in [-0.4, -0.2) is 26.9 Å². The zero-order valence-corrected chi connectivity index (χ0v) is 16.0. The zero-order valence-electron chi connectivity index (χ0n) is 15.2. The van der Waals surface area contributed by atoms with E-state index in [4.69, 9.17) is 11.8 Å². The van der Waals surface area contributed by atoms with Crippen LogP contribution in [0.2, 0.25) is 0 Å². The van der Waals surface area contributed by atoms with Crippen LogP contribution in [-0.2, 0) is 0 Å². The third-order valence-corrected chi connectivity index (χ3v) is 4.15. The van der Waals surface area contributed by atoms with Gasteiger partial charge in [-0.1, -0.05) is 35.9 Å². The Kier molecular flexibility index (Phi) is 5.53. The van der Waals surface area contributed by atoms with Gasteiger partial charge in [-0.2, -0.15) is 4.53 Å². The van der Waals surface area contributed by atoms with Crippen molar-refractivity contribution in [3.05, 3.63) is 70.8 Å². The minimum atomic E-state index is -0.679. The molecule has 0 aromatic heterocycles. The number of amides is 2. The molecule has 132 valence electrons. The van der Waals surface area contributed by atoms with Gasteiger partial charge in [-0.15, -0.1) is 0 Å². The van der Waals surface area contributed by atoms with Gasteiger partial charge in [0, 0.05) is 22.9 Å². The normalized spacial score (nSPS) is 11.1. The summed E-state index contributed by atoms with van der Waals surface area (Å²) < 4.78 is 0.893. The topological polar surface area (TPSA) is 40.6 Å². The summed E-state index contributed by atoms with van der Waals surface area (Å²) in [5.74, 6) is -0.764. The maximum absolute atomic E-state index is 13.0. The second-order valence-electron chi connectivity index (χ2n) is 7.03. The van der Waals surface area contributed by atoms with E-state index in [2.05, 4.69) is 0 Å².